The van der Waals surface area contributed by atoms with Crippen LogP contribution in [-0.4, -0.2) is 36.8 Å². The molecule has 1 amide bonds. The van der Waals surface area contributed by atoms with Gasteiger partial charge < -0.3 is 15.2 Å². The van der Waals surface area contributed by atoms with Crippen LogP contribution < -0.4 is 20.8 Å². The number of primary amides is 1. The third kappa shape index (κ3) is 4.50. The standard InChI is InChI=1S/C24H22N6O4S/c1-2-11-29-22(19-13-33-17-9-5-6-10-18(17)34-19)27-28-24(29)35-14-21-26-16-8-4-3-7-15(16)23(32)30(21)12-20(25)31/h2-10,19H,1,11-14H2,(H2,25,31)/t19-/m0/s1. The number of ether oxygens (including phenoxy) is 2. The molecule has 5 rings (SSSR count). The van der Waals surface area contributed by atoms with Gasteiger partial charge >= 0.3 is 0 Å². The van der Waals surface area contributed by atoms with E-state index in [1.807, 2.05) is 34.9 Å². The molecule has 35 heavy (non-hydrogen) atoms. The van der Waals surface area contributed by atoms with Gasteiger partial charge in [-0.1, -0.05) is 42.1 Å². The first kappa shape index (κ1) is 22.7. The zero-order chi connectivity index (χ0) is 24.4. The van der Waals surface area contributed by atoms with Gasteiger partial charge in [0.2, 0.25) is 5.91 Å². The molecule has 0 radical (unpaired) electrons. The zero-order valence-electron chi connectivity index (χ0n) is 18.7. The van der Waals surface area contributed by atoms with Crippen molar-refractivity contribution < 1.29 is 14.3 Å². The second kappa shape index (κ2) is 9.63. The van der Waals surface area contributed by atoms with E-state index in [9.17, 15) is 9.59 Å². The Bertz CT molecular complexity index is 1480. The number of allylic oxidation sites excluding steroid dienone is 1. The van der Waals surface area contributed by atoms with Gasteiger partial charge in [0.25, 0.3) is 5.56 Å². The van der Waals surface area contributed by atoms with E-state index in [0.29, 0.717) is 52.4 Å². The minimum absolute atomic E-state index is 0.260. The summed E-state index contributed by atoms with van der Waals surface area (Å²) in [6.07, 6.45) is 1.30. The van der Waals surface area contributed by atoms with Gasteiger partial charge in [-0.15, -0.1) is 16.8 Å². The number of thioether (sulfide) groups is 1. The zero-order valence-corrected chi connectivity index (χ0v) is 19.5. The number of nitrogens with zero attached hydrogens (tertiary/aromatic N) is 5. The Labute approximate surface area is 204 Å². The van der Waals surface area contributed by atoms with Crippen LogP contribution in [0, 0.1) is 0 Å². The van der Waals surface area contributed by atoms with Gasteiger partial charge in [-0.25, -0.2) is 4.98 Å². The Morgan fingerprint density at radius 3 is 2.71 bits per heavy atom. The molecule has 0 saturated heterocycles. The van der Waals surface area contributed by atoms with Crippen molar-refractivity contribution in [3.63, 3.8) is 0 Å². The van der Waals surface area contributed by atoms with E-state index in [0.717, 1.165) is 0 Å². The van der Waals surface area contributed by atoms with Crippen LogP contribution in [-0.2, 0) is 23.6 Å². The summed E-state index contributed by atoms with van der Waals surface area (Å²) in [5.41, 5.74) is 5.64. The molecule has 4 aromatic rings. The molecule has 2 N–H and O–H groups in total. The number of carbonyl (C=O) groups is 1. The molecule has 178 valence electrons. The van der Waals surface area contributed by atoms with Gasteiger partial charge in [-0.2, -0.15) is 0 Å². The Hall–Kier alpha value is -4.12. The van der Waals surface area contributed by atoms with Gasteiger partial charge in [0.15, 0.2) is 28.6 Å². The molecule has 0 unspecified atom stereocenters. The van der Waals surface area contributed by atoms with E-state index in [-0.39, 0.29) is 17.9 Å². The topological polar surface area (TPSA) is 127 Å². The Kier molecular flexibility index (Phi) is 6.23. The highest BCUT2D eigenvalue weighted by Gasteiger charge is 2.28. The number of rotatable bonds is 8. The first-order valence-corrected chi connectivity index (χ1v) is 11.9. The average Bonchev–Trinajstić information content (AvgIpc) is 3.27. The summed E-state index contributed by atoms with van der Waals surface area (Å²) in [5.74, 6) is 1.99. The molecule has 0 spiro atoms. The van der Waals surface area contributed by atoms with Crippen LogP contribution in [0.2, 0.25) is 0 Å². The number of carbonyl (C=O) groups excluding carboxylic acids is 1. The van der Waals surface area contributed by atoms with Gasteiger partial charge in [-0.3, -0.25) is 18.7 Å². The van der Waals surface area contributed by atoms with Crippen LogP contribution >= 0.6 is 11.8 Å². The van der Waals surface area contributed by atoms with Gasteiger partial charge in [-0.05, 0) is 24.3 Å². The van der Waals surface area contributed by atoms with E-state index >= 15 is 0 Å². The Morgan fingerprint density at radius 2 is 1.91 bits per heavy atom. The van der Waals surface area contributed by atoms with E-state index in [1.165, 1.54) is 16.3 Å². The molecular weight excluding hydrogens is 468 g/mol. The van der Waals surface area contributed by atoms with Crippen molar-refractivity contribution in [2.75, 3.05) is 6.61 Å². The van der Waals surface area contributed by atoms with Crippen LogP contribution in [0.3, 0.4) is 0 Å². The summed E-state index contributed by atoms with van der Waals surface area (Å²) >= 11 is 1.34. The van der Waals surface area contributed by atoms with Crippen LogP contribution in [0.25, 0.3) is 10.9 Å². The largest absolute Gasteiger partial charge is 0.485 e. The average molecular weight is 491 g/mol. The molecule has 1 aliphatic rings. The number of amides is 1. The molecule has 2 aromatic heterocycles. The summed E-state index contributed by atoms with van der Waals surface area (Å²) in [7, 11) is 0. The Balaban J connectivity index is 1.45. The van der Waals surface area contributed by atoms with Crippen molar-refractivity contribution in [2.45, 2.75) is 30.1 Å². The number of hydrogen-bond acceptors (Lipinski definition) is 8. The number of hydrogen-bond donors (Lipinski definition) is 1. The van der Waals surface area contributed by atoms with E-state index in [2.05, 4.69) is 21.8 Å². The SMILES string of the molecule is C=CCn1c(SCc2nc3ccccc3c(=O)n2CC(N)=O)nnc1[C@@H]1COc2ccccc2O1. The van der Waals surface area contributed by atoms with Gasteiger partial charge in [0.05, 0.1) is 16.7 Å². The number of aromatic nitrogens is 5. The van der Waals surface area contributed by atoms with E-state index in [4.69, 9.17) is 15.2 Å². The maximum atomic E-state index is 13.0. The lowest BCUT2D eigenvalue weighted by molar-refractivity contribution is -0.118. The predicted octanol–water partition coefficient (Wildman–Crippen LogP) is 2.46. The highest BCUT2D eigenvalue weighted by Crippen LogP contribution is 2.36. The minimum atomic E-state index is -0.623. The first-order chi connectivity index (χ1) is 17.0. The molecule has 10 nitrogen and oxygen atoms in total. The molecular formula is C24H22N6O4S. The molecule has 3 heterocycles. The maximum Gasteiger partial charge on any atom is 0.261 e. The van der Waals surface area contributed by atoms with Crippen molar-refractivity contribution in [3.8, 4) is 11.5 Å². The third-order valence-electron chi connectivity index (χ3n) is 5.44. The summed E-state index contributed by atoms with van der Waals surface area (Å²) in [5, 5.41) is 9.72. The van der Waals surface area contributed by atoms with E-state index < -0.39 is 12.0 Å². The first-order valence-electron chi connectivity index (χ1n) is 10.9. The molecule has 0 fully saturated rings. The molecule has 0 saturated carbocycles. The fourth-order valence-electron chi connectivity index (χ4n) is 3.86. The summed E-state index contributed by atoms with van der Waals surface area (Å²) in [4.78, 5) is 29.3. The predicted molar refractivity (Wildman–Crippen MR) is 130 cm³/mol. The van der Waals surface area contributed by atoms with Crippen molar-refractivity contribution >= 4 is 28.6 Å². The van der Waals surface area contributed by atoms with Crippen LogP contribution in [0.4, 0.5) is 0 Å². The second-order valence-electron chi connectivity index (χ2n) is 7.80. The number of nitrogens with two attached hydrogens (primary N) is 1. The van der Waals surface area contributed by atoms with Crippen LogP contribution in [0.1, 0.15) is 17.8 Å². The monoisotopic (exact) mass is 490 g/mol. The van der Waals surface area contributed by atoms with Gasteiger partial charge in [0.1, 0.15) is 19.0 Å². The minimum Gasteiger partial charge on any atom is -0.485 e. The van der Waals surface area contributed by atoms with E-state index in [1.54, 1.807) is 24.3 Å². The normalized spacial score (nSPS) is 14.7. The molecule has 11 heteroatoms. The summed E-state index contributed by atoms with van der Waals surface area (Å²) in [6, 6.07) is 14.5. The molecule has 1 aliphatic heterocycles. The molecule has 0 aliphatic carbocycles. The van der Waals surface area contributed by atoms with Crippen LogP contribution in [0.15, 0.2) is 71.1 Å². The van der Waals surface area contributed by atoms with Crippen molar-refractivity contribution in [1.29, 1.82) is 0 Å². The lowest BCUT2D eigenvalue weighted by Crippen LogP contribution is -2.31. The highest BCUT2D eigenvalue weighted by molar-refractivity contribution is 7.98. The second-order valence-corrected chi connectivity index (χ2v) is 8.74. The molecule has 0 bridgehead atoms. The fraction of sp³-hybridized carbons (Fsp3) is 0.208. The maximum absolute atomic E-state index is 13.0. The lowest BCUT2D eigenvalue weighted by Gasteiger charge is -2.26. The van der Waals surface area contributed by atoms with Crippen molar-refractivity contribution in [3.05, 3.63) is 83.2 Å². The Morgan fingerprint density at radius 1 is 1.14 bits per heavy atom. The number of para-hydroxylation sites is 3. The fourth-order valence-corrected chi connectivity index (χ4v) is 4.77. The van der Waals surface area contributed by atoms with Gasteiger partial charge in [0, 0.05) is 6.54 Å². The number of fused-ring (bicyclic) bond motifs is 2. The van der Waals surface area contributed by atoms with Crippen LogP contribution in [0.5, 0.6) is 11.5 Å². The van der Waals surface area contributed by atoms with Crippen molar-refractivity contribution in [2.24, 2.45) is 5.73 Å². The molecule has 2 aromatic carbocycles. The summed E-state index contributed by atoms with van der Waals surface area (Å²) in [6.45, 7) is 4.33. The quantitative estimate of drug-likeness (QED) is 0.295. The number of benzene rings is 2. The molecule has 1 atom stereocenters. The third-order valence-corrected chi connectivity index (χ3v) is 6.40. The lowest BCUT2D eigenvalue weighted by atomic mass is 10.2. The van der Waals surface area contributed by atoms with Crippen molar-refractivity contribution in [1.82, 2.24) is 24.3 Å². The highest BCUT2D eigenvalue weighted by atomic mass is 32.2. The summed E-state index contributed by atoms with van der Waals surface area (Å²) < 4.78 is 15.1. The smallest absolute Gasteiger partial charge is 0.261 e.